The van der Waals surface area contributed by atoms with Crippen LogP contribution in [0, 0.1) is 11.6 Å². The van der Waals surface area contributed by atoms with Crippen LogP contribution in [0.3, 0.4) is 0 Å². The van der Waals surface area contributed by atoms with Crippen LogP contribution in [0.25, 0.3) is 0 Å². The zero-order valence-corrected chi connectivity index (χ0v) is 13.4. The molecule has 0 radical (unpaired) electrons. The van der Waals surface area contributed by atoms with E-state index in [9.17, 15) is 8.78 Å². The Balaban J connectivity index is 2.45. The Kier molecular flexibility index (Phi) is 4.89. The van der Waals surface area contributed by atoms with E-state index in [1.165, 1.54) is 13.2 Å². The molecule has 20 heavy (non-hydrogen) atoms. The summed E-state index contributed by atoms with van der Waals surface area (Å²) in [5, 5.41) is 0.803. The molecule has 0 bridgehead atoms. The van der Waals surface area contributed by atoms with Gasteiger partial charge in [-0.3, -0.25) is 0 Å². The first-order valence-electron chi connectivity index (χ1n) is 5.56. The first-order valence-corrected chi connectivity index (χ1v) is 7.23. The van der Waals surface area contributed by atoms with Crippen molar-refractivity contribution in [1.82, 2.24) is 0 Å². The summed E-state index contributed by atoms with van der Waals surface area (Å²) >= 11 is 15.6. The highest BCUT2D eigenvalue weighted by atomic mass is 79.9. The summed E-state index contributed by atoms with van der Waals surface area (Å²) in [5.41, 5.74) is 1.18. The molecule has 0 amide bonds. The van der Waals surface area contributed by atoms with Gasteiger partial charge in [0.05, 0.1) is 17.0 Å². The SMILES string of the molecule is COc1cc(Cl)c(C(Br)c2ccc(F)c(F)c2)cc1Cl. The van der Waals surface area contributed by atoms with Crippen molar-refractivity contribution in [1.29, 1.82) is 0 Å². The van der Waals surface area contributed by atoms with Gasteiger partial charge in [0.15, 0.2) is 11.6 Å². The van der Waals surface area contributed by atoms with Gasteiger partial charge in [-0.25, -0.2) is 8.78 Å². The average molecular weight is 382 g/mol. The predicted octanol–water partition coefficient (Wildman–Crippen LogP) is 5.76. The van der Waals surface area contributed by atoms with Gasteiger partial charge in [-0.2, -0.15) is 0 Å². The number of benzene rings is 2. The molecule has 0 spiro atoms. The van der Waals surface area contributed by atoms with Gasteiger partial charge < -0.3 is 4.74 Å². The number of halogens is 5. The molecule has 2 aromatic carbocycles. The molecule has 2 rings (SSSR count). The molecule has 0 aliphatic rings. The van der Waals surface area contributed by atoms with Gasteiger partial charge in [0.1, 0.15) is 5.75 Å². The maximum absolute atomic E-state index is 13.3. The smallest absolute Gasteiger partial charge is 0.159 e. The quantitative estimate of drug-likeness (QED) is 0.613. The minimum Gasteiger partial charge on any atom is -0.495 e. The van der Waals surface area contributed by atoms with Gasteiger partial charge >= 0.3 is 0 Å². The van der Waals surface area contributed by atoms with Crippen molar-refractivity contribution in [3.05, 3.63) is 63.1 Å². The predicted molar refractivity (Wildman–Crippen MR) is 80.1 cm³/mol. The molecule has 0 aliphatic carbocycles. The minimum absolute atomic E-state index is 0.388. The van der Waals surface area contributed by atoms with Crippen LogP contribution in [0.5, 0.6) is 5.75 Å². The van der Waals surface area contributed by atoms with E-state index in [0.717, 1.165) is 12.1 Å². The van der Waals surface area contributed by atoms with E-state index in [1.807, 2.05) is 0 Å². The third-order valence-electron chi connectivity index (χ3n) is 2.78. The highest BCUT2D eigenvalue weighted by Crippen LogP contribution is 2.40. The van der Waals surface area contributed by atoms with Crippen molar-refractivity contribution in [3.63, 3.8) is 0 Å². The number of ether oxygens (including phenoxy) is 1. The number of alkyl halides is 1. The summed E-state index contributed by atoms with van der Waals surface area (Å²) in [6, 6.07) is 6.87. The molecular formula is C14H9BrCl2F2O. The lowest BCUT2D eigenvalue weighted by Gasteiger charge is -2.15. The molecule has 106 valence electrons. The first kappa shape index (κ1) is 15.5. The molecule has 0 saturated heterocycles. The largest absolute Gasteiger partial charge is 0.495 e. The second-order valence-corrected chi connectivity index (χ2v) is 5.77. The van der Waals surface area contributed by atoms with Crippen molar-refractivity contribution < 1.29 is 13.5 Å². The van der Waals surface area contributed by atoms with Crippen LogP contribution in [0.15, 0.2) is 30.3 Å². The number of hydrogen-bond acceptors (Lipinski definition) is 1. The highest BCUT2D eigenvalue weighted by molar-refractivity contribution is 9.09. The van der Waals surface area contributed by atoms with E-state index in [2.05, 4.69) is 15.9 Å². The molecule has 0 fully saturated rings. The highest BCUT2D eigenvalue weighted by Gasteiger charge is 2.18. The number of methoxy groups -OCH3 is 1. The van der Waals surface area contributed by atoms with E-state index in [0.29, 0.717) is 26.9 Å². The maximum atomic E-state index is 13.3. The molecule has 1 unspecified atom stereocenters. The first-order chi connectivity index (χ1) is 9.43. The van der Waals surface area contributed by atoms with Gasteiger partial charge in [0, 0.05) is 11.1 Å². The van der Waals surface area contributed by atoms with Crippen LogP contribution >= 0.6 is 39.1 Å². The van der Waals surface area contributed by atoms with Crippen molar-refractivity contribution in [3.8, 4) is 5.75 Å². The standard InChI is InChI=1S/C14H9BrCl2F2O/c1-20-13-6-9(16)8(5-10(13)17)14(15)7-2-3-11(18)12(19)4-7/h2-6,14H,1H3. The Hall–Kier alpha value is -0.840. The minimum atomic E-state index is -0.914. The summed E-state index contributed by atoms with van der Waals surface area (Å²) in [5.74, 6) is -1.36. The molecule has 0 saturated carbocycles. The Morgan fingerprint density at radius 2 is 1.75 bits per heavy atom. The summed E-state index contributed by atoms with van der Waals surface area (Å²) in [4.78, 5) is -0.409. The fraction of sp³-hybridized carbons (Fsp3) is 0.143. The van der Waals surface area contributed by atoms with E-state index < -0.39 is 16.5 Å². The van der Waals surface area contributed by atoms with Crippen molar-refractivity contribution in [2.24, 2.45) is 0 Å². The Bertz CT molecular complexity index is 649. The number of hydrogen-bond donors (Lipinski definition) is 0. The lowest BCUT2D eigenvalue weighted by molar-refractivity contribution is 0.415. The van der Waals surface area contributed by atoms with Crippen LogP contribution in [-0.4, -0.2) is 7.11 Å². The molecule has 0 heterocycles. The van der Waals surface area contributed by atoms with Gasteiger partial charge in [0.25, 0.3) is 0 Å². The topological polar surface area (TPSA) is 9.23 Å². The average Bonchev–Trinajstić information content (AvgIpc) is 2.43. The fourth-order valence-corrected chi connectivity index (χ4v) is 3.05. The number of rotatable bonds is 3. The van der Waals surface area contributed by atoms with Crippen LogP contribution in [-0.2, 0) is 0 Å². The second kappa shape index (κ2) is 6.29. The molecule has 1 atom stereocenters. The van der Waals surface area contributed by atoms with Gasteiger partial charge in [-0.15, -0.1) is 0 Å². The normalized spacial score (nSPS) is 12.3. The molecule has 0 N–H and O–H groups in total. The van der Waals surface area contributed by atoms with E-state index in [1.54, 1.807) is 12.1 Å². The lowest BCUT2D eigenvalue weighted by atomic mass is 10.0. The van der Waals surface area contributed by atoms with E-state index in [-0.39, 0.29) is 0 Å². The van der Waals surface area contributed by atoms with Crippen LogP contribution in [0.1, 0.15) is 16.0 Å². The van der Waals surface area contributed by atoms with E-state index in [4.69, 9.17) is 27.9 Å². The molecule has 0 aliphatic heterocycles. The summed E-state index contributed by atoms with van der Waals surface area (Å²) in [6.45, 7) is 0. The Labute approximate surface area is 133 Å². The molecule has 6 heteroatoms. The Morgan fingerprint density at radius 1 is 1.05 bits per heavy atom. The molecular weight excluding hydrogens is 373 g/mol. The zero-order chi connectivity index (χ0) is 14.9. The third-order valence-corrected chi connectivity index (χ3v) is 4.43. The van der Waals surface area contributed by atoms with Crippen molar-refractivity contribution in [2.45, 2.75) is 4.83 Å². The molecule has 1 nitrogen and oxygen atoms in total. The van der Waals surface area contributed by atoms with E-state index >= 15 is 0 Å². The van der Waals surface area contributed by atoms with Crippen LogP contribution in [0.4, 0.5) is 8.78 Å². The second-order valence-electron chi connectivity index (χ2n) is 4.04. The van der Waals surface area contributed by atoms with Crippen molar-refractivity contribution in [2.75, 3.05) is 7.11 Å². The van der Waals surface area contributed by atoms with Gasteiger partial charge in [-0.1, -0.05) is 45.2 Å². The zero-order valence-electron chi connectivity index (χ0n) is 10.3. The van der Waals surface area contributed by atoms with Gasteiger partial charge in [-0.05, 0) is 29.3 Å². The lowest BCUT2D eigenvalue weighted by Crippen LogP contribution is -1.97. The molecule has 0 aromatic heterocycles. The molecule has 2 aromatic rings. The van der Waals surface area contributed by atoms with Crippen LogP contribution in [0.2, 0.25) is 10.0 Å². The van der Waals surface area contributed by atoms with Gasteiger partial charge in [0.2, 0.25) is 0 Å². The third kappa shape index (κ3) is 3.08. The monoisotopic (exact) mass is 380 g/mol. The fourth-order valence-electron chi connectivity index (χ4n) is 1.74. The Morgan fingerprint density at radius 3 is 2.35 bits per heavy atom. The maximum Gasteiger partial charge on any atom is 0.159 e. The summed E-state index contributed by atoms with van der Waals surface area (Å²) < 4.78 is 31.3. The van der Waals surface area contributed by atoms with Crippen molar-refractivity contribution >= 4 is 39.1 Å². The summed E-state index contributed by atoms with van der Waals surface area (Å²) in [7, 11) is 1.48. The van der Waals surface area contributed by atoms with Crippen LogP contribution < -0.4 is 4.74 Å². The summed E-state index contributed by atoms with van der Waals surface area (Å²) in [6.07, 6.45) is 0.